The van der Waals surface area contributed by atoms with Crippen molar-refractivity contribution < 1.29 is 4.74 Å². The molecule has 0 bridgehead atoms. The third kappa shape index (κ3) is 2.80. The molecule has 1 aromatic carbocycles. The Balaban J connectivity index is 2.11. The van der Waals surface area contributed by atoms with Crippen molar-refractivity contribution in [2.75, 3.05) is 12.4 Å². The van der Waals surface area contributed by atoms with Crippen molar-refractivity contribution in [2.45, 2.75) is 20.0 Å². The Morgan fingerprint density at radius 3 is 2.67 bits per heavy atom. The smallest absolute Gasteiger partial charge is 0.132 e. The third-order valence-electron chi connectivity index (χ3n) is 2.86. The molecule has 94 valence electrons. The van der Waals surface area contributed by atoms with Crippen molar-refractivity contribution in [3.8, 4) is 5.75 Å². The molecule has 2 rings (SSSR count). The van der Waals surface area contributed by atoms with Crippen LogP contribution in [0.5, 0.6) is 5.75 Å². The average molecular weight is 242 g/mol. The van der Waals surface area contributed by atoms with Crippen LogP contribution in [0.4, 0.5) is 5.82 Å². The standard InChI is InChI=1S/C15H18N2O/c1-3-12-7-4-5-9-14(12)18-11-13-8-6-10-17-15(13)16-2/h4-10H,3,11H2,1-2H3,(H,16,17). The lowest BCUT2D eigenvalue weighted by Gasteiger charge is -2.12. The lowest BCUT2D eigenvalue weighted by atomic mass is 10.1. The van der Waals surface area contributed by atoms with Gasteiger partial charge in [0.2, 0.25) is 0 Å². The molecular weight excluding hydrogens is 224 g/mol. The van der Waals surface area contributed by atoms with Gasteiger partial charge >= 0.3 is 0 Å². The molecule has 18 heavy (non-hydrogen) atoms. The Kier molecular flexibility index (Phi) is 4.18. The van der Waals surface area contributed by atoms with E-state index in [9.17, 15) is 0 Å². The Hall–Kier alpha value is -2.03. The van der Waals surface area contributed by atoms with Gasteiger partial charge in [-0.25, -0.2) is 4.98 Å². The molecule has 0 saturated carbocycles. The van der Waals surface area contributed by atoms with Gasteiger partial charge in [0.25, 0.3) is 0 Å². The minimum atomic E-state index is 0.529. The van der Waals surface area contributed by atoms with Gasteiger partial charge in [-0.05, 0) is 24.1 Å². The van der Waals surface area contributed by atoms with Crippen molar-refractivity contribution >= 4 is 5.82 Å². The van der Waals surface area contributed by atoms with E-state index in [-0.39, 0.29) is 0 Å². The zero-order valence-corrected chi connectivity index (χ0v) is 10.8. The number of hydrogen-bond acceptors (Lipinski definition) is 3. The second-order valence-electron chi connectivity index (χ2n) is 4.01. The van der Waals surface area contributed by atoms with E-state index in [1.54, 1.807) is 6.20 Å². The van der Waals surface area contributed by atoms with Gasteiger partial charge in [-0.1, -0.05) is 31.2 Å². The number of para-hydroxylation sites is 1. The van der Waals surface area contributed by atoms with Crippen LogP contribution >= 0.6 is 0 Å². The summed E-state index contributed by atoms with van der Waals surface area (Å²) in [6.07, 6.45) is 2.75. The van der Waals surface area contributed by atoms with E-state index in [2.05, 4.69) is 23.3 Å². The summed E-state index contributed by atoms with van der Waals surface area (Å²) < 4.78 is 5.88. The molecule has 0 aliphatic heterocycles. The SMILES string of the molecule is CCc1ccccc1OCc1cccnc1NC. The van der Waals surface area contributed by atoms with Gasteiger partial charge in [-0.3, -0.25) is 0 Å². The summed E-state index contributed by atoms with van der Waals surface area (Å²) in [4.78, 5) is 4.26. The summed E-state index contributed by atoms with van der Waals surface area (Å²) in [5, 5.41) is 3.07. The van der Waals surface area contributed by atoms with Crippen molar-refractivity contribution in [2.24, 2.45) is 0 Å². The zero-order chi connectivity index (χ0) is 12.8. The van der Waals surface area contributed by atoms with E-state index in [4.69, 9.17) is 4.74 Å². The zero-order valence-electron chi connectivity index (χ0n) is 10.8. The number of aryl methyl sites for hydroxylation is 1. The molecule has 0 saturated heterocycles. The first-order chi connectivity index (χ1) is 8.85. The predicted molar refractivity (Wildman–Crippen MR) is 73.9 cm³/mol. The van der Waals surface area contributed by atoms with Crippen LogP contribution in [0.25, 0.3) is 0 Å². The van der Waals surface area contributed by atoms with Gasteiger partial charge in [0.1, 0.15) is 18.2 Å². The quantitative estimate of drug-likeness (QED) is 0.873. The maximum Gasteiger partial charge on any atom is 0.132 e. The van der Waals surface area contributed by atoms with Crippen molar-refractivity contribution in [3.63, 3.8) is 0 Å². The Labute approximate surface area is 108 Å². The molecule has 1 N–H and O–H groups in total. The van der Waals surface area contributed by atoms with Gasteiger partial charge in [-0.15, -0.1) is 0 Å². The number of hydrogen-bond donors (Lipinski definition) is 1. The molecule has 1 heterocycles. The largest absolute Gasteiger partial charge is 0.488 e. The fourth-order valence-corrected chi connectivity index (χ4v) is 1.87. The molecule has 0 radical (unpaired) electrons. The Morgan fingerprint density at radius 1 is 1.11 bits per heavy atom. The monoisotopic (exact) mass is 242 g/mol. The molecule has 0 atom stereocenters. The summed E-state index contributed by atoms with van der Waals surface area (Å²) in [5.41, 5.74) is 2.29. The first-order valence-corrected chi connectivity index (χ1v) is 6.17. The van der Waals surface area contributed by atoms with E-state index >= 15 is 0 Å². The van der Waals surface area contributed by atoms with E-state index in [0.29, 0.717) is 6.61 Å². The van der Waals surface area contributed by atoms with Crippen molar-refractivity contribution in [1.29, 1.82) is 0 Å². The molecule has 0 spiro atoms. The molecule has 0 amide bonds. The summed E-state index contributed by atoms with van der Waals surface area (Å²) in [6.45, 7) is 2.66. The number of rotatable bonds is 5. The van der Waals surface area contributed by atoms with E-state index < -0.39 is 0 Å². The number of ether oxygens (including phenoxy) is 1. The molecule has 3 heteroatoms. The number of aromatic nitrogens is 1. The minimum absolute atomic E-state index is 0.529. The van der Waals surface area contributed by atoms with Gasteiger partial charge in [0, 0.05) is 18.8 Å². The second kappa shape index (κ2) is 6.05. The van der Waals surface area contributed by atoms with Crippen LogP contribution < -0.4 is 10.1 Å². The van der Waals surface area contributed by atoms with Gasteiger partial charge < -0.3 is 10.1 Å². The van der Waals surface area contributed by atoms with Crippen molar-refractivity contribution in [3.05, 3.63) is 53.7 Å². The molecule has 2 aromatic rings. The maximum absolute atomic E-state index is 5.88. The highest BCUT2D eigenvalue weighted by Gasteiger charge is 2.04. The molecule has 1 aromatic heterocycles. The van der Waals surface area contributed by atoms with E-state index in [1.165, 1.54) is 5.56 Å². The number of nitrogens with zero attached hydrogens (tertiary/aromatic N) is 1. The highest BCUT2D eigenvalue weighted by Crippen LogP contribution is 2.21. The Morgan fingerprint density at radius 2 is 1.89 bits per heavy atom. The molecular formula is C15H18N2O. The second-order valence-corrected chi connectivity index (χ2v) is 4.01. The number of benzene rings is 1. The van der Waals surface area contributed by atoms with Crippen LogP contribution in [0.2, 0.25) is 0 Å². The Bertz CT molecular complexity index is 464. The molecule has 0 fully saturated rings. The van der Waals surface area contributed by atoms with Crippen molar-refractivity contribution in [1.82, 2.24) is 4.98 Å². The van der Waals surface area contributed by atoms with Crippen LogP contribution in [0.3, 0.4) is 0 Å². The fourth-order valence-electron chi connectivity index (χ4n) is 1.87. The van der Waals surface area contributed by atoms with Crippen LogP contribution in [0.1, 0.15) is 18.1 Å². The van der Waals surface area contributed by atoms with Gasteiger partial charge in [0.15, 0.2) is 0 Å². The first-order valence-electron chi connectivity index (χ1n) is 6.17. The molecule has 0 unspecified atom stereocenters. The third-order valence-corrected chi connectivity index (χ3v) is 2.86. The summed E-state index contributed by atoms with van der Waals surface area (Å²) in [6, 6.07) is 12.1. The highest BCUT2D eigenvalue weighted by atomic mass is 16.5. The maximum atomic E-state index is 5.88. The normalized spacial score (nSPS) is 10.1. The summed E-state index contributed by atoms with van der Waals surface area (Å²) in [5.74, 6) is 1.82. The minimum Gasteiger partial charge on any atom is -0.488 e. The molecule has 0 aliphatic carbocycles. The lowest BCUT2D eigenvalue weighted by Crippen LogP contribution is -2.03. The van der Waals surface area contributed by atoms with Gasteiger partial charge in [0.05, 0.1) is 0 Å². The highest BCUT2D eigenvalue weighted by molar-refractivity contribution is 5.43. The van der Waals surface area contributed by atoms with Crippen LogP contribution in [-0.2, 0) is 13.0 Å². The molecule has 3 nitrogen and oxygen atoms in total. The predicted octanol–water partition coefficient (Wildman–Crippen LogP) is 3.26. The van der Waals surface area contributed by atoms with Crippen LogP contribution in [-0.4, -0.2) is 12.0 Å². The number of nitrogens with one attached hydrogen (secondary N) is 1. The summed E-state index contributed by atoms with van der Waals surface area (Å²) in [7, 11) is 1.87. The lowest BCUT2D eigenvalue weighted by molar-refractivity contribution is 0.303. The number of anilines is 1. The van der Waals surface area contributed by atoms with E-state index in [0.717, 1.165) is 23.6 Å². The fraction of sp³-hybridized carbons (Fsp3) is 0.267. The first kappa shape index (κ1) is 12.4. The number of pyridine rings is 1. The topological polar surface area (TPSA) is 34.1 Å². The van der Waals surface area contributed by atoms with E-state index in [1.807, 2.05) is 37.4 Å². The van der Waals surface area contributed by atoms with Crippen LogP contribution in [0, 0.1) is 0 Å². The van der Waals surface area contributed by atoms with Crippen LogP contribution in [0.15, 0.2) is 42.6 Å². The molecule has 0 aliphatic rings. The van der Waals surface area contributed by atoms with Gasteiger partial charge in [-0.2, -0.15) is 0 Å². The average Bonchev–Trinajstić information content (AvgIpc) is 2.45. The summed E-state index contributed by atoms with van der Waals surface area (Å²) >= 11 is 0.